The summed E-state index contributed by atoms with van der Waals surface area (Å²) in [7, 11) is 0. The van der Waals surface area contributed by atoms with Crippen LogP contribution in [0.5, 0.6) is 23.0 Å². The van der Waals surface area contributed by atoms with Crippen LogP contribution in [0.2, 0.25) is 0 Å². The molecule has 4 aromatic carbocycles. The lowest BCUT2D eigenvalue weighted by Crippen LogP contribution is -2.38. The second kappa shape index (κ2) is 66.1. The first-order chi connectivity index (χ1) is 60.4. The molecule has 0 aromatic heterocycles. The van der Waals surface area contributed by atoms with Gasteiger partial charge in [0, 0.05) is 68.4 Å². The number of ether oxygens (including phenoxy) is 13. The van der Waals surface area contributed by atoms with E-state index in [2.05, 4.69) is 6.58 Å². The van der Waals surface area contributed by atoms with E-state index in [0.717, 1.165) is 101 Å². The number of aldehydes is 1. The van der Waals surface area contributed by atoms with Crippen LogP contribution < -0.4 is 18.9 Å². The number of carbonyl (C=O) groups excluding carboxylic acids is 12. The smallest absolute Gasteiger partial charge is 0.343 e. The van der Waals surface area contributed by atoms with Crippen molar-refractivity contribution in [3.8, 4) is 23.0 Å². The topological polar surface area (TPSA) is 345 Å². The highest BCUT2D eigenvalue weighted by Crippen LogP contribution is 2.39. The average Bonchev–Trinajstić information content (AvgIpc) is 0.780. The van der Waals surface area contributed by atoms with Crippen LogP contribution >= 0.6 is 0 Å². The van der Waals surface area contributed by atoms with Crippen molar-refractivity contribution in [1.29, 1.82) is 0 Å². The summed E-state index contributed by atoms with van der Waals surface area (Å²) in [6.45, 7) is 8.61. The third-order valence-corrected chi connectivity index (χ3v) is 20.7. The van der Waals surface area contributed by atoms with Crippen LogP contribution in [0.4, 0.5) is 0 Å². The number of unbranched alkanes of at least 4 members (excludes halogenated alkanes) is 21. The van der Waals surface area contributed by atoms with Crippen LogP contribution in [0, 0.1) is 0 Å². The van der Waals surface area contributed by atoms with Crippen LogP contribution in [-0.2, 0) is 91.2 Å². The van der Waals surface area contributed by atoms with Crippen LogP contribution in [0.25, 0.3) is 0 Å². The van der Waals surface area contributed by atoms with E-state index in [-0.39, 0.29) is 144 Å². The SMILES string of the molecule is C=CC(=O)OCCCCCCOc1ccc(C(=O)Oc2ccc(OC(=O)c3ccc(OC(CC)CCCCCOC(=O)CCCCCOC(=O)CCCCCOC(=O)CCCCCOC(=O)CCCCCOC(=O)CCCCCOC(=O)CCCCCOC(=O)CCCCCOC(=O)CCCCCC4(c5ccc(C=O)cc5)C=CC=CC4O)cc3)cc2)cc1. The maximum absolute atomic E-state index is 13.0. The number of carbonyl (C=O) groups is 12. The van der Waals surface area contributed by atoms with Crippen molar-refractivity contribution in [2.24, 2.45) is 0 Å². The molecule has 1 aliphatic carbocycles. The third kappa shape index (κ3) is 48.5. The molecular formula is C98H134O26. The minimum Gasteiger partial charge on any atom is -0.494 e. The van der Waals surface area contributed by atoms with Gasteiger partial charge in [-0.1, -0.05) is 74.9 Å². The Morgan fingerprint density at radius 3 is 0.992 bits per heavy atom. The molecule has 0 bridgehead atoms. The summed E-state index contributed by atoms with van der Waals surface area (Å²) in [5, 5.41) is 10.9. The molecule has 1 N–H and O–H groups in total. The van der Waals surface area contributed by atoms with E-state index in [1.165, 1.54) is 0 Å². The third-order valence-electron chi connectivity index (χ3n) is 20.7. The Labute approximate surface area is 732 Å². The van der Waals surface area contributed by atoms with Gasteiger partial charge < -0.3 is 66.7 Å². The standard InChI is InChI=1S/C98H134O26/c1-3-81(122-83-58-52-79(53-59-83)97(111)124-85-62-60-84(61-63-85)123-96(110)78-50-56-82(57-51-78)112-66-28-5-6-29-67-113-87(101)4-2)38-16-8-30-68-114-89(103)41-18-10-32-70-116-91(105)43-20-12-34-72-118-93(107)45-22-14-36-74-120-95(109)47-24-15-37-75-121-94(108)46-23-13-35-73-119-92(106)44-21-11-33-71-117-90(104)42-19-9-31-69-115-88(102)40-17-7-26-64-98(65-27-25-39-86(98)100)80-54-48-77(76-99)49-55-80/h4,25,27,39,48-63,65,76,81,86,100H,2-3,5-24,26,28-38,40-47,64,66-75H2,1H3. The molecule has 26 nitrogen and oxygen atoms in total. The Morgan fingerprint density at radius 1 is 0.355 bits per heavy atom. The van der Waals surface area contributed by atoms with Gasteiger partial charge in [-0.15, -0.1) is 0 Å². The van der Waals surface area contributed by atoms with Gasteiger partial charge in [0.05, 0.1) is 89.4 Å². The maximum Gasteiger partial charge on any atom is 0.343 e. The number of hydrogen-bond donors (Lipinski definition) is 1. The lowest BCUT2D eigenvalue weighted by atomic mass is 9.70. The Balaban J connectivity index is 0.700. The second-order valence-electron chi connectivity index (χ2n) is 30.9. The molecule has 0 saturated carbocycles. The first kappa shape index (κ1) is 104. The monoisotopic (exact) mass is 1730 g/mol. The summed E-state index contributed by atoms with van der Waals surface area (Å²) in [6, 6.07) is 26.9. The van der Waals surface area contributed by atoms with Crippen molar-refractivity contribution in [2.75, 3.05) is 66.1 Å². The van der Waals surface area contributed by atoms with Gasteiger partial charge in [-0.05, 0) is 284 Å². The van der Waals surface area contributed by atoms with E-state index < -0.39 is 29.4 Å². The number of aliphatic hydroxyl groups is 1. The molecule has 5 rings (SSSR count). The highest BCUT2D eigenvalue weighted by atomic mass is 16.6. The lowest BCUT2D eigenvalue weighted by Gasteiger charge is -2.36. The van der Waals surface area contributed by atoms with Crippen molar-refractivity contribution in [1.82, 2.24) is 0 Å². The van der Waals surface area contributed by atoms with Crippen LogP contribution in [0.15, 0.2) is 134 Å². The predicted octanol–water partition coefficient (Wildman–Crippen LogP) is 19.0. The van der Waals surface area contributed by atoms with Crippen molar-refractivity contribution in [2.45, 2.75) is 294 Å². The maximum atomic E-state index is 13.0. The molecule has 4 aromatic rings. The number of rotatable bonds is 72. The fourth-order valence-electron chi connectivity index (χ4n) is 13.4. The Kier molecular flexibility index (Phi) is 55.4. The van der Waals surface area contributed by atoms with Gasteiger partial charge in [-0.2, -0.15) is 0 Å². The minimum atomic E-state index is -0.691. The van der Waals surface area contributed by atoms with Gasteiger partial charge in [0.2, 0.25) is 0 Å². The highest BCUT2D eigenvalue weighted by molar-refractivity contribution is 5.92. The number of aliphatic hydroxyl groups excluding tert-OH is 1. The van der Waals surface area contributed by atoms with Crippen LogP contribution in [0.3, 0.4) is 0 Å². The molecule has 0 spiro atoms. The van der Waals surface area contributed by atoms with Gasteiger partial charge >= 0.3 is 65.7 Å². The van der Waals surface area contributed by atoms with E-state index in [4.69, 9.17) is 61.6 Å². The molecule has 682 valence electrons. The summed E-state index contributed by atoms with van der Waals surface area (Å²) in [5.41, 5.74) is 1.61. The second-order valence-corrected chi connectivity index (χ2v) is 30.9. The molecular weight excluding hydrogens is 1590 g/mol. The normalized spacial score (nSPS) is 13.4. The van der Waals surface area contributed by atoms with Gasteiger partial charge in [0.25, 0.3) is 0 Å². The summed E-state index contributed by atoms with van der Waals surface area (Å²) in [6.07, 6.45) is 35.3. The van der Waals surface area contributed by atoms with Crippen molar-refractivity contribution in [3.05, 3.63) is 156 Å². The van der Waals surface area contributed by atoms with E-state index in [0.29, 0.717) is 202 Å². The average molecular weight is 1730 g/mol. The fourth-order valence-corrected chi connectivity index (χ4v) is 13.4. The number of esters is 11. The molecule has 0 fully saturated rings. The molecule has 0 amide bonds. The number of allylic oxidation sites excluding steroid dienone is 2. The lowest BCUT2D eigenvalue weighted by molar-refractivity contribution is -0.146. The highest BCUT2D eigenvalue weighted by Gasteiger charge is 2.37. The zero-order valence-corrected chi connectivity index (χ0v) is 73.0. The number of benzene rings is 4. The number of hydrogen-bond acceptors (Lipinski definition) is 26. The Bertz CT molecular complexity index is 3810. The van der Waals surface area contributed by atoms with Crippen LogP contribution in [-0.4, -0.2) is 155 Å². The Morgan fingerprint density at radius 2 is 0.661 bits per heavy atom. The summed E-state index contributed by atoms with van der Waals surface area (Å²) in [4.78, 5) is 146. The molecule has 0 radical (unpaired) electrons. The molecule has 26 heteroatoms. The van der Waals surface area contributed by atoms with Crippen molar-refractivity contribution >= 4 is 71.9 Å². The molecule has 0 heterocycles. The molecule has 1 aliphatic rings. The van der Waals surface area contributed by atoms with Gasteiger partial charge in [0.1, 0.15) is 29.3 Å². The molecule has 3 atom stereocenters. The predicted molar refractivity (Wildman–Crippen MR) is 465 cm³/mol. The zero-order chi connectivity index (χ0) is 89.1. The molecule has 0 aliphatic heterocycles. The largest absolute Gasteiger partial charge is 0.494 e. The van der Waals surface area contributed by atoms with Gasteiger partial charge in [0.15, 0.2) is 0 Å². The van der Waals surface area contributed by atoms with Gasteiger partial charge in [-0.25, -0.2) is 14.4 Å². The Hall–Kier alpha value is -10.5. The fraction of sp³-hybridized carbons (Fsp3) is 0.571. The van der Waals surface area contributed by atoms with Crippen molar-refractivity contribution in [3.63, 3.8) is 0 Å². The summed E-state index contributed by atoms with van der Waals surface area (Å²) in [5.74, 6) is -1.92. The molecule has 124 heavy (non-hydrogen) atoms. The van der Waals surface area contributed by atoms with E-state index >= 15 is 0 Å². The van der Waals surface area contributed by atoms with Gasteiger partial charge in [-0.3, -0.25) is 43.2 Å². The zero-order valence-electron chi connectivity index (χ0n) is 73.0. The van der Waals surface area contributed by atoms with E-state index in [9.17, 15) is 62.6 Å². The summed E-state index contributed by atoms with van der Waals surface area (Å²) >= 11 is 0. The molecule has 0 saturated heterocycles. The molecule has 3 unspecified atom stereocenters. The van der Waals surface area contributed by atoms with E-state index in [1.54, 1.807) is 91.0 Å². The summed E-state index contributed by atoms with van der Waals surface area (Å²) < 4.78 is 70.9. The van der Waals surface area contributed by atoms with E-state index in [1.807, 2.05) is 37.3 Å². The minimum absolute atomic E-state index is 0.0360. The first-order valence-electron chi connectivity index (χ1n) is 45.1. The van der Waals surface area contributed by atoms with Crippen LogP contribution in [0.1, 0.15) is 313 Å². The quantitative estimate of drug-likeness (QED) is 0.0107. The first-order valence-corrected chi connectivity index (χ1v) is 45.1. The van der Waals surface area contributed by atoms with Crippen molar-refractivity contribution < 1.29 is 124 Å².